The van der Waals surface area contributed by atoms with Gasteiger partial charge in [-0.2, -0.15) is 0 Å². The molecule has 0 amide bonds. The molecule has 41 heavy (non-hydrogen) atoms. The first-order valence-corrected chi connectivity index (χ1v) is 14.8. The molecule has 3 aliphatic heterocycles. The average molecular weight is 550 g/mol. The molecule has 0 unspecified atom stereocenters. The monoisotopic (exact) mass is 549 g/mol. The number of nitrogens with one attached hydrogen (secondary N) is 2. The fraction of sp³-hybridized carbons (Fsp3) is 0.382. The van der Waals surface area contributed by atoms with E-state index >= 15 is 0 Å². The summed E-state index contributed by atoms with van der Waals surface area (Å²) >= 11 is 0. The van der Waals surface area contributed by atoms with Crippen molar-refractivity contribution in [2.75, 3.05) is 39.3 Å². The van der Waals surface area contributed by atoms with Gasteiger partial charge in [0.2, 0.25) is 0 Å². The van der Waals surface area contributed by atoms with E-state index < -0.39 is 0 Å². The van der Waals surface area contributed by atoms with Gasteiger partial charge in [0.05, 0.1) is 29.1 Å². The van der Waals surface area contributed by atoms with Crippen LogP contribution in [-0.4, -0.2) is 60.2 Å². The van der Waals surface area contributed by atoms with Gasteiger partial charge in [-0.05, 0) is 118 Å². The molecule has 0 saturated carbocycles. The highest BCUT2D eigenvalue weighted by Crippen LogP contribution is 2.38. The van der Waals surface area contributed by atoms with Crippen LogP contribution in [0.25, 0.3) is 22.2 Å². The minimum atomic E-state index is -0.324. The van der Waals surface area contributed by atoms with Gasteiger partial charge in [0.1, 0.15) is 0 Å². The molecule has 212 valence electrons. The number of likely N-dealkylation sites (tertiary alicyclic amines) is 1. The Balaban J connectivity index is 1.09. The summed E-state index contributed by atoms with van der Waals surface area (Å²) in [7, 11) is 0. The van der Waals surface area contributed by atoms with Gasteiger partial charge in [0.25, 0.3) is 0 Å². The van der Waals surface area contributed by atoms with Crippen LogP contribution in [0.5, 0.6) is 0 Å². The van der Waals surface area contributed by atoms with E-state index in [1.165, 1.54) is 32.4 Å². The number of pyridine rings is 2. The predicted molar refractivity (Wildman–Crippen MR) is 164 cm³/mol. The second-order valence-electron chi connectivity index (χ2n) is 11.7. The number of hydrogen-bond donors (Lipinski definition) is 2. The van der Waals surface area contributed by atoms with Gasteiger partial charge in [0, 0.05) is 35.6 Å². The third-order valence-corrected chi connectivity index (χ3v) is 8.72. The molecule has 7 nitrogen and oxygen atoms in total. The molecule has 3 aliphatic rings. The fourth-order valence-electron chi connectivity index (χ4n) is 6.42. The zero-order chi connectivity index (χ0) is 28.2. The minimum absolute atomic E-state index is 0.324. The Labute approximate surface area is 242 Å². The van der Waals surface area contributed by atoms with E-state index in [0.717, 1.165) is 77.2 Å². The predicted octanol–water partition coefficient (Wildman–Crippen LogP) is 5.49. The molecule has 2 saturated heterocycles. The van der Waals surface area contributed by atoms with Crippen LogP contribution in [0, 0.1) is 12.3 Å². The Hall–Kier alpha value is -3.81. The molecule has 7 heteroatoms. The van der Waals surface area contributed by atoms with E-state index in [1.807, 2.05) is 55.6 Å². The van der Waals surface area contributed by atoms with Crippen LogP contribution >= 0.6 is 0 Å². The van der Waals surface area contributed by atoms with Gasteiger partial charge in [-0.15, -0.1) is 0 Å². The van der Waals surface area contributed by atoms with Crippen molar-refractivity contribution < 1.29 is 9.53 Å². The summed E-state index contributed by atoms with van der Waals surface area (Å²) in [5, 5.41) is 7.73. The van der Waals surface area contributed by atoms with E-state index in [2.05, 4.69) is 33.2 Å². The lowest BCUT2D eigenvalue weighted by Gasteiger charge is -2.33. The summed E-state index contributed by atoms with van der Waals surface area (Å²) in [5.41, 5.74) is 7.39. The van der Waals surface area contributed by atoms with E-state index in [0.29, 0.717) is 17.6 Å². The van der Waals surface area contributed by atoms with Crippen molar-refractivity contribution in [2.24, 2.45) is 5.41 Å². The maximum Gasteiger partial charge on any atom is 0.339 e. The molecule has 1 aromatic carbocycles. The molecular weight excluding hydrogens is 510 g/mol. The van der Waals surface area contributed by atoms with Crippen molar-refractivity contribution in [3.63, 3.8) is 0 Å². The van der Waals surface area contributed by atoms with E-state index in [9.17, 15) is 4.79 Å². The highest BCUT2D eigenvalue weighted by molar-refractivity contribution is 6.02. The molecule has 2 N–H and O–H groups in total. The second kappa shape index (κ2) is 12.0. The van der Waals surface area contributed by atoms with Gasteiger partial charge in [-0.3, -0.25) is 9.97 Å². The number of esters is 1. The van der Waals surface area contributed by atoms with Crippen LogP contribution in [0.15, 0.2) is 73.1 Å². The summed E-state index contributed by atoms with van der Waals surface area (Å²) in [5.74, 6) is -0.324. The van der Waals surface area contributed by atoms with Crippen LogP contribution < -0.4 is 10.6 Å². The number of piperidine rings is 1. The van der Waals surface area contributed by atoms with E-state index in [4.69, 9.17) is 9.72 Å². The number of unbranched alkanes of at least 4 members (excludes halogenated alkanes) is 1. The smallest absolute Gasteiger partial charge is 0.339 e. The van der Waals surface area contributed by atoms with E-state index in [1.54, 1.807) is 6.20 Å². The molecule has 0 radical (unpaired) electrons. The van der Waals surface area contributed by atoms with Crippen LogP contribution in [0.4, 0.5) is 0 Å². The zero-order valence-electron chi connectivity index (χ0n) is 23.9. The summed E-state index contributed by atoms with van der Waals surface area (Å²) in [4.78, 5) is 24.7. The second-order valence-corrected chi connectivity index (χ2v) is 11.7. The molecule has 6 rings (SSSR count). The van der Waals surface area contributed by atoms with Gasteiger partial charge < -0.3 is 20.3 Å². The number of carbonyl (C=O) groups is 1. The first-order chi connectivity index (χ1) is 20.0. The number of hydrogen-bond acceptors (Lipinski definition) is 7. The molecule has 0 atom stereocenters. The Morgan fingerprint density at radius 2 is 2.00 bits per heavy atom. The molecule has 0 bridgehead atoms. The molecule has 3 aromatic rings. The van der Waals surface area contributed by atoms with Crippen molar-refractivity contribution in [3.05, 3.63) is 95.6 Å². The Kier molecular flexibility index (Phi) is 7.99. The Morgan fingerprint density at radius 1 is 1.12 bits per heavy atom. The highest BCUT2D eigenvalue weighted by Gasteiger charge is 2.38. The van der Waals surface area contributed by atoms with Crippen molar-refractivity contribution in [1.29, 1.82) is 0 Å². The topological polar surface area (TPSA) is 79.4 Å². The fourth-order valence-corrected chi connectivity index (χ4v) is 6.42. The third kappa shape index (κ3) is 6.11. The first kappa shape index (κ1) is 27.4. The summed E-state index contributed by atoms with van der Waals surface area (Å²) in [6.07, 6.45) is 11.3. The normalized spacial score (nSPS) is 18.7. The molecule has 1 spiro atoms. The van der Waals surface area contributed by atoms with Crippen LogP contribution in [-0.2, 0) is 4.74 Å². The lowest BCUT2D eigenvalue weighted by atomic mass is 9.78. The van der Waals surface area contributed by atoms with Crippen molar-refractivity contribution in [3.8, 4) is 0 Å². The van der Waals surface area contributed by atoms with Crippen molar-refractivity contribution >= 4 is 28.1 Å². The number of allylic oxidation sites excluding steroid dienone is 3. The minimum Gasteiger partial charge on any atom is -0.462 e. The van der Waals surface area contributed by atoms with Crippen molar-refractivity contribution in [2.45, 2.75) is 39.0 Å². The van der Waals surface area contributed by atoms with Gasteiger partial charge in [0.15, 0.2) is 0 Å². The Morgan fingerprint density at radius 3 is 2.85 bits per heavy atom. The summed E-state index contributed by atoms with van der Waals surface area (Å²) in [6, 6.07) is 13.9. The number of nitrogens with zero attached hydrogens (tertiary/aromatic N) is 3. The largest absolute Gasteiger partial charge is 0.462 e. The SMILES string of the molecule is C=C1C=CNC(c2cccc(C)n2)=C1c1ccc2ncc(C(=O)OCCCCN3CCC4(CCNCC4)C3)cc2c1. The maximum absolute atomic E-state index is 12.9. The maximum atomic E-state index is 12.9. The lowest BCUT2D eigenvalue weighted by Crippen LogP contribution is -2.38. The van der Waals surface area contributed by atoms with Crippen LogP contribution in [0.3, 0.4) is 0 Å². The quantitative estimate of drug-likeness (QED) is 0.284. The first-order valence-electron chi connectivity index (χ1n) is 14.8. The van der Waals surface area contributed by atoms with Crippen molar-refractivity contribution in [1.82, 2.24) is 25.5 Å². The number of aromatic nitrogens is 2. The molecular formula is C34H39N5O2. The van der Waals surface area contributed by atoms with Crippen LogP contribution in [0.2, 0.25) is 0 Å². The molecule has 2 aromatic heterocycles. The number of ether oxygens (including phenoxy) is 1. The zero-order valence-corrected chi connectivity index (χ0v) is 23.9. The van der Waals surface area contributed by atoms with E-state index in [-0.39, 0.29) is 5.97 Å². The number of carbonyl (C=O) groups excluding carboxylic acids is 1. The highest BCUT2D eigenvalue weighted by atomic mass is 16.5. The molecule has 2 fully saturated rings. The standard InChI is InChI=1S/C34H39N5O2/c1-24-10-14-36-32(30-7-5-6-25(2)38-30)31(24)26-8-9-29-27(20-26)21-28(22-37-29)33(40)41-19-4-3-17-39-18-13-34(23-39)11-15-35-16-12-34/h5-10,14,20-22,35-36H,1,3-4,11-13,15-19,23H2,2H3. The summed E-state index contributed by atoms with van der Waals surface area (Å²) < 4.78 is 5.64. The molecule has 0 aliphatic carbocycles. The van der Waals surface area contributed by atoms with Gasteiger partial charge >= 0.3 is 5.97 Å². The lowest BCUT2D eigenvalue weighted by molar-refractivity contribution is 0.0495. The van der Waals surface area contributed by atoms with Crippen LogP contribution in [0.1, 0.15) is 59.4 Å². The third-order valence-electron chi connectivity index (χ3n) is 8.72. The average Bonchev–Trinajstić information content (AvgIpc) is 3.38. The number of rotatable bonds is 8. The van der Waals surface area contributed by atoms with Gasteiger partial charge in [-0.1, -0.05) is 18.7 Å². The number of benzene rings is 1. The number of fused-ring (bicyclic) bond motifs is 1. The summed E-state index contributed by atoms with van der Waals surface area (Å²) in [6.45, 7) is 12.5. The number of dihydropyridines is 1. The van der Waals surface area contributed by atoms with Gasteiger partial charge in [-0.25, -0.2) is 4.79 Å². The Bertz CT molecular complexity index is 1520. The number of aryl methyl sites for hydroxylation is 1. The molecule has 5 heterocycles.